The zero-order valence-electron chi connectivity index (χ0n) is 9.83. The molecule has 0 saturated carbocycles. The maximum Gasteiger partial charge on any atom is 0.419 e. The van der Waals surface area contributed by atoms with Crippen LogP contribution in [0, 0.1) is 0 Å². The largest absolute Gasteiger partial charge is 0.452 e. The molecule has 1 unspecified atom stereocenters. The topological polar surface area (TPSA) is 76.7 Å². The molecule has 2 N–H and O–H groups in total. The molecule has 0 bridgehead atoms. The lowest BCUT2D eigenvalue weighted by Gasteiger charge is -2.24. The van der Waals surface area contributed by atoms with Gasteiger partial charge in [-0.25, -0.2) is 9.59 Å². The summed E-state index contributed by atoms with van der Waals surface area (Å²) < 4.78 is 9.79. The third-order valence-electron chi connectivity index (χ3n) is 1.82. The van der Waals surface area contributed by atoms with Crippen LogP contribution in [0.25, 0.3) is 0 Å². The molecule has 1 aliphatic heterocycles. The summed E-state index contributed by atoms with van der Waals surface area (Å²) in [7, 11) is 0. The molecule has 0 radical (unpaired) electrons. The van der Waals surface area contributed by atoms with Gasteiger partial charge >= 0.3 is 11.9 Å². The number of rotatable bonds is 1. The van der Waals surface area contributed by atoms with Gasteiger partial charge in [0, 0.05) is 19.6 Å². The number of carbonyl (C=O) groups is 2. The van der Waals surface area contributed by atoms with Crippen LogP contribution < -0.4 is 10.6 Å². The van der Waals surface area contributed by atoms with E-state index in [1.54, 1.807) is 20.8 Å². The van der Waals surface area contributed by atoms with Gasteiger partial charge in [0.05, 0.1) is 0 Å². The van der Waals surface area contributed by atoms with Gasteiger partial charge in [-0.05, 0) is 20.8 Å². The lowest BCUT2D eigenvalue weighted by molar-refractivity contribution is -0.178. The summed E-state index contributed by atoms with van der Waals surface area (Å²) in [5, 5.41) is 5.99. The fourth-order valence-electron chi connectivity index (χ4n) is 1.21. The van der Waals surface area contributed by atoms with E-state index in [-0.39, 0.29) is 0 Å². The van der Waals surface area contributed by atoms with Crippen molar-refractivity contribution in [1.82, 2.24) is 10.6 Å². The maximum atomic E-state index is 11.3. The molecule has 0 aromatic rings. The van der Waals surface area contributed by atoms with Crippen LogP contribution in [-0.2, 0) is 19.1 Å². The van der Waals surface area contributed by atoms with E-state index in [2.05, 4.69) is 10.6 Å². The van der Waals surface area contributed by atoms with Gasteiger partial charge in [0.1, 0.15) is 5.60 Å². The van der Waals surface area contributed by atoms with Crippen LogP contribution >= 0.6 is 0 Å². The monoisotopic (exact) mass is 230 g/mol. The second-order valence-corrected chi connectivity index (χ2v) is 4.55. The first-order valence-corrected chi connectivity index (χ1v) is 5.26. The minimum atomic E-state index is -0.962. The molecule has 92 valence electrons. The average molecular weight is 230 g/mol. The fourth-order valence-corrected chi connectivity index (χ4v) is 1.21. The Morgan fingerprint density at radius 2 is 1.88 bits per heavy atom. The summed E-state index contributed by atoms with van der Waals surface area (Å²) in [5.41, 5.74) is -0.686. The lowest BCUT2D eigenvalue weighted by atomic mass is 10.2. The molecule has 6 heteroatoms. The van der Waals surface area contributed by atoms with Crippen molar-refractivity contribution >= 4 is 11.9 Å². The second-order valence-electron chi connectivity index (χ2n) is 4.55. The van der Waals surface area contributed by atoms with Crippen LogP contribution in [-0.4, -0.2) is 43.4 Å². The number of piperazine rings is 1. The number of esters is 2. The molecule has 0 spiro atoms. The number of ether oxygens (including phenoxy) is 2. The Labute approximate surface area is 94.7 Å². The molecule has 16 heavy (non-hydrogen) atoms. The first-order valence-electron chi connectivity index (χ1n) is 5.26. The van der Waals surface area contributed by atoms with Crippen molar-refractivity contribution in [2.24, 2.45) is 0 Å². The van der Waals surface area contributed by atoms with Gasteiger partial charge in [-0.1, -0.05) is 0 Å². The molecule has 0 aromatic carbocycles. The molecule has 1 heterocycles. The summed E-state index contributed by atoms with van der Waals surface area (Å²) >= 11 is 0. The third-order valence-corrected chi connectivity index (χ3v) is 1.82. The molecule has 0 aliphatic carbocycles. The van der Waals surface area contributed by atoms with Crippen molar-refractivity contribution in [2.45, 2.75) is 32.6 Å². The molecule has 1 rings (SSSR count). The molecule has 0 amide bonds. The molecule has 1 atom stereocenters. The molecule has 6 nitrogen and oxygen atoms in total. The predicted octanol–water partition coefficient (Wildman–Crippen LogP) is -0.610. The highest BCUT2D eigenvalue weighted by molar-refractivity contribution is 6.29. The highest BCUT2D eigenvalue weighted by Crippen LogP contribution is 2.07. The summed E-state index contributed by atoms with van der Waals surface area (Å²) in [6.07, 6.45) is -0.464. The quantitative estimate of drug-likeness (QED) is 0.462. The van der Waals surface area contributed by atoms with Crippen LogP contribution in [0.4, 0.5) is 0 Å². The Morgan fingerprint density at radius 3 is 2.38 bits per heavy atom. The Kier molecular flexibility index (Phi) is 4.26. The number of nitrogens with one attached hydrogen (secondary N) is 2. The van der Waals surface area contributed by atoms with E-state index in [9.17, 15) is 9.59 Å². The minimum absolute atomic E-state index is 0.464. The third kappa shape index (κ3) is 4.59. The van der Waals surface area contributed by atoms with Crippen molar-refractivity contribution < 1.29 is 19.1 Å². The Bertz CT molecular complexity index is 266. The lowest BCUT2D eigenvalue weighted by Crippen LogP contribution is -2.51. The first-order chi connectivity index (χ1) is 7.38. The SMILES string of the molecule is CC(C)(C)OC(=O)C(=O)OC1CNCCN1. The highest BCUT2D eigenvalue weighted by Gasteiger charge is 2.27. The van der Waals surface area contributed by atoms with E-state index in [4.69, 9.17) is 9.47 Å². The Balaban J connectivity index is 2.36. The summed E-state index contributed by atoms with van der Waals surface area (Å²) in [6.45, 7) is 7.09. The van der Waals surface area contributed by atoms with Crippen molar-refractivity contribution in [3.8, 4) is 0 Å². The highest BCUT2D eigenvalue weighted by atomic mass is 16.6. The maximum absolute atomic E-state index is 11.3. The van der Waals surface area contributed by atoms with Crippen LogP contribution in [0.1, 0.15) is 20.8 Å². The van der Waals surface area contributed by atoms with E-state index in [1.807, 2.05) is 0 Å². The zero-order valence-corrected chi connectivity index (χ0v) is 9.83. The zero-order chi connectivity index (χ0) is 12.2. The van der Waals surface area contributed by atoms with Crippen LogP contribution in [0.2, 0.25) is 0 Å². The molecular weight excluding hydrogens is 212 g/mol. The average Bonchev–Trinajstić information content (AvgIpc) is 2.16. The number of hydrogen-bond acceptors (Lipinski definition) is 6. The molecule has 1 aliphatic rings. The van der Waals surface area contributed by atoms with Gasteiger partial charge in [-0.2, -0.15) is 0 Å². The predicted molar refractivity (Wildman–Crippen MR) is 56.6 cm³/mol. The number of hydrogen-bond donors (Lipinski definition) is 2. The standard InChI is InChI=1S/C10H18N2O4/c1-10(2,3)16-9(14)8(13)15-7-6-11-4-5-12-7/h7,11-12H,4-6H2,1-3H3. The van der Waals surface area contributed by atoms with E-state index in [0.717, 1.165) is 6.54 Å². The summed E-state index contributed by atoms with van der Waals surface area (Å²) in [4.78, 5) is 22.6. The van der Waals surface area contributed by atoms with Crippen molar-refractivity contribution in [1.29, 1.82) is 0 Å². The summed E-state index contributed by atoms with van der Waals surface area (Å²) in [5.74, 6) is -1.92. The van der Waals surface area contributed by atoms with Gasteiger partial charge in [0.15, 0.2) is 6.23 Å². The normalized spacial score (nSPS) is 21.3. The van der Waals surface area contributed by atoms with E-state index < -0.39 is 23.8 Å². The summed E-state index contributed by atoms with van der Waals surface area (Å²) in [6, 6.07) is 0. The number of carbonyl (C=O) groups excluding carboxylic acids is 2. The van der Waals surface area contributed by atoms with Crippen molar-refractivity contribution in [3.63, 3.8) is 0 Å². The first kappa shape index (κ1) is 12.9. The van der Waals surface area contributed by atoms with Crippen LogP contribution in [0.3, 0.4) is 0 Å². The van der Waals surface area contributed by atoms with Crippen LogP contribution in [0.15, 0.2) is 0 Å². The van der Waals surface area contributed by atoms with Gasteiger partial charge in [0.2, 0.25) is 0 Å². The second kappa shape index (κ2) is 5.27. The Hall–Kier alpha value is -1.14. The molecule has 1 saturated heterocycles. The minimum Gasteiger partial charge on any atom is -0.452 e. The van der Waals surface area contributed by atoms with Gasteiger partial charge in [-0.3, -0.25) is 5.32 Å². The van der Waals surface area contributed by atoms with Crippen molar-refractivity contribution in [3.05, 3.63) is 0 Å². The fraction of sp³-hybridized carbons (Fsp3) is 0.800. The van der Waals surface area contributed by atoms with Gasteiger partial charge < -0.3 is 14.8 Å². The molecular formula is C10H18N2O4. The Morgan fingerprint density at radius 1 is 1.19 bits per heavy atom. The molecule has 1 fully saturated rings. The smallest absolute Gasteiger partial charge is 0.419 e. The van der Waals surface area contributed by atoms with Crippen molar-refractivity contribution in [2.75, 3.05) is 19.6 Å². The molecule has 0 aromatic heterocycles. The van der Waals surface area contributed by atoms with Crippen LogP contribution in [0.5, 0.6) is 0 Å². The van der Waals surface area contributed by atoms with E-state index >= 15 is 0 Å². The van der Waals surface area contributed by atoms with E-state index in [1.165, 1.54) is 0 Å². The van der Waals surface area contributed by atoms with Gasteiger partial charge in [-0.15, -0.1) is 0 Å². The van der Waals surface area contributed by atoms with E-state index in [0.29, 0.717) is 13.1 Å². The van der Waals surface area contributed by atoms with Gasteiger partial charge in [0.25, 0.3) is 0 Å².